The maximum Gasteiger partial charge on any atom is 0.165 e. The zero-order valence-corrected chi connectivity index (χ0v) is 12.5. The van der Waals surface area contributed by atoms with Gasteiger partial charge in [0.15, 0.2) is 11.6 Å². The Morgan fingerprint density at radius 3 is 2.73 bits per heavy atom. The fourth-order valence-corrected chi connectivity index (χ4v) is 2.14. The molecule has 0 fully saturated rings. The van der Waals surface area contributed by atoms with Gasteiger partial charge in [-0.25, -0.2) is 15.0 Å². The molecule has 3 heterocycles. The molecule has 0 N–H and O–H groups in total. The summed E-state index contributed by atoms with van der Waals surface area (Å²) in [6, 6.07) is 3.80. The molecule has 5 nitrogen and oxygen atoms in total. The van der Waals surface area contributed by atoms with Crippen LogP contribution in [0.3, 0.4) is 0 Å². The van der Waals surface area contributed by atoms with E-state index in [1.807, 2.05) is 32.2 Å². The first-order valence-electron chi connectivity index (χ1n) is 7.05. The van der Waals surface area contributed by atoms with E-state index in [-0.39, 0.29) is 0 Å². The van der Waals surface area contributed by atoms with Crippen molar-refractivity contribution in [2.24, 2.45) is 4.99 Å². The summed E-state index contributed by atoms with van der Waals surface area (Å²) in [6.45, 7) is 3.82. The van der Waals surface area contributed by atoms with Gasteiger partial charge in [-0.15, -0.1) is 0 Å². The minimum Gasteiger partial charge on any atom is -0.264 e. The van der Waals surface area contributed by atoms with Crippen molar-refractivity contribution >= 4 is 11.8 Å². The van der Waals surface area contributed by atoms with Gasteiger partial charge in [-0.1, -0.05) is 11.8 Å². The minimum absolute atomic E-state index is 0.596. The van der Waals surface area contributed by atoms with Gasteiger partial charge in [0.1, 0.15) is 5.82 Å². The van der Waals surface area contributed by atoms with E-state index in [4.69, 9.17) is 0 Å². The van der Waals surface area contributed by atoms with Crippen LogP contribution in [0, 0.1) is 18.8 Å². The van der Waals surface area contributed by atoms with Gasteiger partial charge < -0.3 is 0 Å². The normalized spacial score (nSPS) is 17.4. The highest BCUT2D eigenvalue weighted by Gasteiger charge is 2.13. The number of aryl methyl sites for hydroxylation is 1. The van der Waals surface area contributed by atoms with E-state index in [1.54, 1.807) is 12.4 Å². The maximum absolute atomic E-state index is 4.59. The average Bonchev–Trinajstić information content (AvgIpc) is 2.51. The summed E-state index contributed by atoms with van der Waals surface area (Å²) in [6.07, 6.45) is 6.57. The fraction of sp³-hybridized carbons (Fsp3) is 0.235. The Morgan fingerprint density at radius 1 is 1.05 bits per heavy atom. The van der Waals surface area contributed by atoms with Gasteiger partial charge >= 0.3 is 0 Å². The van der Waals surface area contributed by atoms with Gasteiger partial charge in [0.2, 0.25) is 0 Å². The molecule has 0 aliphatic carbocycles. The Kier molecular flexibility index (Phi) is 4.01. The summed E-state index contributed by atoms with van der Waals surface area (Å²) in [5.41, 5.74) is 2.71. The lowest BCUT2D eigenvalue weighted by Gasteiger charge is -2.09. The van der Waals surface area contributed by atoms with Crippen LogP contribution in [0.25, 0.3) is 17.0 Å². The number of allylic oxidation sites excluding steroid dienone is 2. The van der Waals surface area contributed by atoms with E-state index in [0.717, 1.165) is 16.8 Å². The Labute approximate surface area is 129 Å². The molecule has 0 unspecified atom stereocenters. The third kappa shape index (κ3) is 3.07. The first kappa shape index (κ1) is 14.1. The van der Waals surface area contributed by atoms with Crippen molar-refractivity contribution in [3.63, 3.8) is 0 Å². The minimum atomic E-state index is 0.596. The van der Waals surface area contributed by atoms with Crippen LogP contribution in [-0.4, -0.2) is 26.2 Å². The van der Waals surface area contributed by atoms with Gasteiger partial charge in [-0.05, 0) is 26.0 Å². The number of aliphatic imine (C=N–C) groups is 1. The molecule has 22 heavy (non-hydrogen) atoms. The number of hydrogen-bond donors (Lipinski definition) is 0. The molecule has 0 saturated carbocycles. The predicted molar refractivity (Wildman–Crippen MR) is 85.9 cm³/mol. The third-order valence-corrected chi connectivity index (χ3v) is 3.24. The lowest BCUT2D eigenvalue weighted by atomic mass is 10.1. The van der Waals surface area contributed by atoms with Crippen LogP contribution in [0.5, 0.6) is 0 Å². The molecule has 3 rings (SSSR count). The number of hydrogen-bond acceptors (Lipinski definition) is 5. The largest absolute Gasteiger partial charge is 0.264 e. The zero-order chi connectivity index (χ0) is 15.4. The smallest absolute Gasteiger partial charge is 0.165 e. The Morgan fingerprint density at radius 2 is 1.91 bits per heavy atom. The van der Waals surface area contributed by atoms with Crippen molar-refractivity contribution in [3.8, 4) is 23.2 Å². The van der Waals surface area contributed by atoms with Crippen molar-refractivity contribution in [2.75, 3.05) is 0 Å². The topological polar surface area (TPSA) is 63.9 Å². The molecule has 108 valence electrons. The van der Waals surface area contributed by atoms with Gasteiger partial charge in [-0.3, -0.25) is 9.98 Å². The SMILES string of the molecule is C/C1=C(\c2nc(C)nc(-c3cccnc3)n2)CC#CCC=N1. The summed E-state index contributed by atoms with van der Waals surface area (Å²) >= 11 is 0. The third-order valence-electron chi connectivity index (χ3n) is 3.24. The number of nitrogens with zero attached hydrogens (tertiary/aromatic N) is 5. The molecule has 0 spiro atoms. The second-order valence-electron chi connectivity index (χ2n) is 4.88. The Balaban J connectivity index is 2.10. The van der Waals surface area contributed by atoms with Gasteiger partial charge in [-0.2, -0.15) is 0 Å². The van der Waals surface area contributed by atoms with E-state index in [2.05, 4.69) is 36.8 Å². The number of aromatic nitrogens is 4. The van der Waals surface area contributed by atoms with Gasteiger partial charge in [0.05, 0.1) is 0 Å². The molecule has 1 aliphatic heterocycles. The van der Waals surface area contributed by atoms with Crippen molar-refractivity contribution in [1.82, 2.24) is 19.9 Å². The van der Waals surface area contributed by atoms with Crippen molar-refractivity contribution < 1.29 is 0 Å². The lowest BCUT2D eigenvalue weighted by molar-refractivity contribution is 0.949. The molecule has 0 atom stereocenters. The fourth-order valence-electron chi connectivity index (χ4n) is 2.14. The molecule has 0 saturated heterocycles. The molecule has 0 amide bonds. The van der Waals surface area contributed by atoms with Crippen LogP contribution < -0.4 is 0 Å². The maximum atomic E-state index is 4.59. The zero-order valence-electron chi connectivity index (χ0n) is 12.5. The van der Waals surface area contributed by atoms with Crippen LogP contribution in [-0.2, 0) is 0 Å². The molecular weight excluding hydrogens is 274 g/mol. The summed E-state index contributed by atoms with van der Waals surface area (Å²) in [7, 11) is 0. The van der Waals surface area contributed by atoms with Crippen molar-refractivity contribution in [2.45, 2.75) is 26.7 Å². The standard InChI is InChI=1S/C17H15N5/c1-12-15(8-4-3-5-10-19-12)17-21-13(2)20-16(22-17)14-7-6-9-18-11-14/h6-7,9-11H,5,8H2,1-2H3/b15-12+,19-10?. The first-order chi connectivity index (χ1) is 10.7. The summed E-state index contributed by atoms with van der Waals surface area (Å²) in [4.78, 5) is 22.0. The summed E-state index contributed by atoms with van der Waals surface area (Å²) in [5, 5.41) is 0. The molecule has 0 aromatic carbocycles. The highest BCUT2D eigenvalue weighted by Crippen LogP contribution is 2.22. The van der Waals surface area contributed by atoms with Crippen LogP contribution in [0.1, 0.15) is 31.4 Å². The number of pyridine rings is 1. The number of rotatable bonds is 2. The van der Waals surface area contributed by atoms with E-state index < -0.39 is 0 Å². The highest BCUT2D eigenvalue weighted by molar-refractivity contribution is 5.72. The summed E-state index contributed by atoms with van der Waals surface area (Å²) < 4.78 is 0. The Bertz CT molecular complexity index is 810. The highest BCUT2D eigenvalue weighted by atomic mass is 15.0. The average molecular weight is 289 g/mol. The van der Waals surface area contributed by atoms with Crippen LogP contribution in [0.4, 0.5) is 0 Å². The monoisotopic (exact) mass is 289 g/mol. The predicted octanol–water partition coefficient (Wildman–Crippen LogP) is 2.84. The summed E-state index contributed by atoms with van der Waals surface area (Å²) in [5.74, 6) is 8.11. The van der Waals surface area contributed by atoms with E-state index in [1.165, 1.54) is 0 Å². The van der Waals surface area contributed by atoms with Gasteiger partial charge in [0.25, 0.3) is 0 Å². The molecule has 5 heteroatoms. The molecule has 1 aliphatic rings. The Hall–Kier alpha value is -2.87. The van der Waals surface area contributed by atoms with Crippen LogP contribution >= 0.6 is 0 Å². The van der Waals surface area contributed by atoms with Crippen molar-refractivity contribution in [3.05, 3.63) is 41.9 Å². The second-order valence-corrected chi connectivity index (χ2v) is 4.88. The first-order valence-corrected chi connectivity index (χ1v) is 7.05. The molecule has 2 aromatic heterocycles. The quantitative estimate of drug-likeness (QED) is 0.797. The lowest BCUT2D eigenvalue weighted by Crippen LogP contribution is -2.04. The van der Waals surface area contributed by atoms with Crippen molar-refractivity contribution in [1.29, 1.82) is 0 Å². The van der Waals surface area contributed by atoms with E-state index in [9.17, 15) is 0 Å². The van der Waals surface area contributed by atoms with E-state index >= 15 is 0 Å². The second kappa shape index (κ2) is 6.27. The molecular formula is C17H15N5. The van der Waals surface area contributed by atoms with Crippen LogP contribution in [0.15, 0.2) is 35.2 Å². The van der Waals surface area contributed by atoms with E-state index in [0.29, 0.717) is 30.3 Å². The molecule has 0 radical (unpaired) electrons. The molecule has 0 bridgehead atoms. The van der Waals surface area contributed by atoms with Crippen LogP contribution in [0.2, 0.25) is 0 Å². The van der Waals surface area contributed by atoms with Gasteiger partial charge in [0, 0.05) is 48.3 Å². The molecule has 2 aromatic rings.